The third kappa shape index (κ3) is 7.83. The minimum absolute atomic E-state index is 0.212. The molecule has 0 atom stereocenters. The van der Waals surface area contributed by atoms with Crippen LogP contribution in [0.25, 0.3) is 22.4 Å². The Kier molecular flexibility index (Phi) is 9.62. The summed E-state index contributed by atoms with van der Waals surface area (Å²) in [5.41, 5.74) is 4.06. The molecule has 4 aromatic rings. The van der Waals surface area contributed by atoms with Gasteiger partial charge in [-0.1, -0.05) is 43.6 Å². The molecule has 10 heteroatoms. The van der Waals surface area contributed by atoms with E-state index in [0.717, 1.165) is 36.3 Å². The van der Waals surface area contributed by atoms with Crippen molar-refractivity contribution in [2.75, 3.05) is 31.5 Å². The fourth-order valence-corrected chi connectivity index (χ4v) is 4.62. The molecule has 9 nitrogen and oxygen atoms in total. The highest BCUT2D eigenvalue weighted by atomic mass is 35.5. The number of para-hydroxylation sites is 1. The molecule has 1 fully saturated rings. The number of halogens is 1. The van der Waals surface area contributed by atoms with Gasteiger partial charge >= 0.3 is 6.09 Å². The summed E-state index contributed by atoms with van der Waals surface area (Å²) in [7, 11) is 0. The monoisotopic (exact) mass is 576 g/mol. The SMILES string of the molecule is CC.CC(C)(C)OC(=O)N1CCN(Cc2ccc(C(=O)Nc3cccc4[nH]c(-c5ccnc(Cl)c5)nc34)cc2)CC1. The molecule has 0 unspecified atom stereocenters. The Morgan fingerprint density at radius 3 is 2.39 bits per heavy atom. The predicted octanol–water partition coefficient (Wildman–Crippen LogP) is 6.61. The number of anilines is 1. The topological polar surface area (TPSA) is 103 Å². The van der Waals surface area contributed by atoms with Crippen LogP contribution in [-0.2, 0) is 11.3 Å². The maximum Gasteiger partial charge on any atom is 0.410 e. The summed E-state index contributed by atoms with van der Waals surface area (Å²) in [4.78, 5) is 41.4. The van der Waals surface area contributed by atoms with Crippen LogP contribution in [0.4, 0.5) is 10.5 Å². The summed E-state index contributed by atoms with van der Waals surface area (Å²) >= 11 is 6.03. The maximum absolute atomic E-state index is 13.0. The van der Waals surface area contributed by atoms with E-state index in [1.54, 1.807) is 17.2 Å². The van der Waals surface area contributed by atoms with Crippen LogP contribution in [0.5, 0.6) is 0 Å². The van der Waals surface area contributed by atoms with E-state index in [1.807, 2.05) is 83.1 Å². The van der Waals surface area contributed by atoms with E-state index in [2.05, 4.69) is 25.2 Å². The third-order valence-electron chi connectivity index (χ3n) is 6.41. The number of H-pyrrole nitrogens is 1. The van der Waals surface area contributed by atoms with E-state index in [4.69, 9.17) is 16.3 Å². The zero-order chi connectivity index (χ0) is 29.6. The summed E-state index contributed by atoms with van der Waals surface area (Å²) in [6.07, 6.45) is 1.36. The number of ether oxygens (including phenoxy) is 1. The molecule has 0 bridgehead atoms. The van der Waals surface area contributed by atoms with Crippen LogP contribution in [0.2, 0.25) is 5.15 Å². The molecule has 0 radical (unpaired) electrons. The first-order valence-electron chi connectivity index (χ1n) is 13.9. The van der Waals surface area contributed by atoms with Gasteiger partial charge in [0.25, 0.3) is 5.91 Å². The molecule has 41 heavy (non-hydrogen) atoms. The summed E-state index contributed by atoms with van der Waals surface area (Å²) in [6, 6.07) is 16.8. The van der Waals surface area contributed by atoms with Crippen molar-refractivity contribution in [1.29, 1.82) is 0 Å². The van der Waals surface area contributed by atoms with Gasteiger partial charge in [0.1, 0.15) is 22.1 Å². The van der Waals surface area contributed by atoms with Crippen LogP contribution >= 0.6 is 11.6 Å². The van der Waals surface area contributed by atoms with Crippen LogP contribution < -0.4 is 5.32 Å². The number of nitrogens with zero attached hydrogens (tertiary/aromatic N) is 4. The van der Waals surface area contributed by atoms with E-state index >= 15 is 0 Å². The van der Waals surface area contributed by atoms with Gasteiger partial charge in [-0.15, -0.1) is 0 Å². The lowest BCUT2D eigenvalue weighted by Gasteiger charge is -2.35. The standard InChI is InChI=1S/C29H31ClN6O3.C2H6/c1-29(2,3)39-28(38)36-15-13-35(14-16-36)18-19-7-9-20(10-8-19)27(37)33-23-6-4-5-22-25(23)34-26(32-22)21-11-12-31-24(30)17-21;1-2/h4-12,17H,13-16,18H2,1-3H3,(H,32,34)(H,33,37);1-2H3. The molecule has 0 spiro atoms. The number of carbonyl (C=O) groups excluding carboxylic acids is 2. The van der Waals surface area contributed by atoms with Gasteiger partial charge in [0, 0.05) is 50.0 Å². The van der Waals surface area contributed by atoms with Crippen LogP contribution in [0.1, 0.15) is 50.5 Å². The first kappa shape index (κ1) is 30.0. The second-order valence-corrected chi connectivity index (χ2v) is 10.9. The van der Waals surface area contributed by atoms with Crippen molar-refractivity contribution in [3.63, 3.8) is 0 Å². The van der Waals surface area contributed by atoms with Gasteiger partial charge in [0.15, 0.2) is 0 Å². The highest BCUT2D eigenvalue weighted by molar-refractivity contribution is 6.29. The van der Waals surface area contributed by atoms with Crippen LogP contribution in [0, 0.1) is 0 Å². The molecule has 0 saturated carbocycles. The van der Waals surface area contributed by atoms with E-state index in [0.29, 0.717) is 40.8 Å². The smallest absolute Gasteiger partial charge is 0.410 e. The van der Waals surface area contributed by atoms with Crippen molar-refractivity contribution in [1.82, 2.24) is 24.8 Å². The molecule has 1 aliphatic heterocycles. The summed E-state index contributed by atoms with van der Waals surface area (Å²) in [5.74, 6) is 0.434. The van der Waals surface area contributed by atoms with Crippen molar-refractivity contribution in [3.8, 4) is 11.4 Å². The van der Waals surface area contributed by atoms with Crippen molar-refractivity contribution < 1.29 is 14.3 Å². The van der Waals surface area contributed by atoms with E-state index in [9.17, 15) is 9.59 Å². The number of pyridine rings is 1. The average Bonchev–Trinajstić information content (AvgIpc) is 3.40. The first-order valence-corrected chi connectivity index (χ1v) is 14.2. The number of benzene rings is 2. The van der Waals surface area contributed by atoms with Gasteiger partial charge in [0.05, 0.1) is 11.2 Å². The minimum Gasteiger partial charge on any atom is -0.444 e. The number of aromatic nitrogens is 3. The molecule has 2 N–H and O–H groups in total. The number of rotatable bonds is 5. The molecular weight excluding hydrogens is 540 g/mol. The molecule has 0 aliphatic carbocycles. The van der Waals surface area contributed by atoms with Crippen LogP contribution in [0.15, 0.2) is 60.8 Å². The fourth-order valence-electron chi connectivity index (χ4n) is 4.45. The van der Waals surface area contributed by atoms with Crippen molar-refractivity contribution >= 4 is 40.3 Å². The molecule has 1 saturated heterocycles. The van der Waals surface area contributed by atoms with Crippen molar-refractivity contribution in [2.45, 2.75) is 46.8 Å². The van der Waals surface area contributed by atoms with E-state index < -0.39 is 5.60 Å². The van der Waals surface area contributed by atoms with Gasteiger partial charge in [-0.2, -0.15) is 0 Å². The lowest BCUT2D eigenvalue weighted by molar-refractivity contribution is 0.0139. The number of carbonyl (C=O) groups is 2. The van der Waals surface area contributed by atoms with Gasteiger partial charge in [-0.25, -0.2) is 14.8 Å². The number of fused-ring (bicyclic) bond motifs is 1. The average molecular weight is 577 g/mol. The van der Waals surface area contributed by atoms with Crippen LogP contribution in [-0.4, -0.2) is 68.5 Å². The first-order chi connectivity index (χ1) is 19.6. The molecular formula is C31H37ClN6O3. The Morgan fingerprint density at radius 2 is 1.73 bits per heavy atom. The van der Waals surface area contributed by atoms with Crippen LogP contribution in [0.3, 0.4) is 0 Å². The Balaban J connectivity index is 0.00000189. The van der Waals surface area contributed by atoms with Gasteiger partial charge < -0.3 is 19.9 Å². The van der Waals surface area contributed by atoms with E-state index in [1.165, 1.54) is 0 Å². The summed E-state index contributed by atoms with van der Waals surface area (Å²) in [6.45, 7) is 13.2. The minimum atomic E-state index is -0.495. The Morgan fingerprint density at radius 1 is 1.02 bits per heavy atom. The molecule has 5 rings (SSSR count). The predicted molar refractivity (Wildman–Crippen MR) is 163 cm³/mol. The Labute approximate surface area is 245 Å². The molecule has 2 amide bonds. The Hall–Kier alpha value is -3.95. The highest BCUT2D eigenvalue weighted by Crippen LogP contribution is 2.27. The van der Waals surface area contributed by atoms with Gasteiger partial charge in [-0.3, -0.25) is 9.69 Å². The second-order valence-electron chi connectivity index (χ2n) is 10.5. The Bertz CT molecular complexity index is 1490. The summed E-state index contributed by atoms with van der Waals surface area (Å²) < 4.78 is 5.48. The zero-order valence-corrected chi connectivity index (χ0v) is 25.0. The number of piperazine rings is 1. The van der Waals surface area contributed by atoms with Crippen molar-refractivity contribution in [2.24, 2.45) is 0 Å². The van der Waals surface area contributed by atoms with Gasteiger partial charge in [0.2, 0.25) is 0 Å². The zero-order valence-electron chi connectivity index (χ0n) is 24.2. The highest BCUT2D eigenvalue weighted by Gasteiger charge is 2.25. The molecule has 2 aromatic heterocycles. The normalized spacial score (nSPS) is 13.9. The molecule has 1 aliphatic rings. The molecule has 2 aromatic carbocycles. The number of amides is 2. The lowest BCUT2D eigenvalue weighted by Crippen LogP contribution is -2.49. The maximum atomic E-state index is 13.0. The summed E-state index contributed by atoms with van der Waals surface area (Å²) in [5, 5.41) is 3.37. The molecule has 3 heterocycles. The largest absolute Gasteiger partial charge is 0.444 e. The number of hydrogen-bond acceptors (Lipinski definition) is 6. The van der Waals surface area contributed by atoms with Crippen molar-refractivity contribution in [3.05, 3.63) is 77.1 Å². The van der Waals surface area contributed by atoms with Gasteiger partial charge in [-0.05, 0) is 62.7 Å². The second kappa shape index (κ2) is 13.1. The number of hydrogen-bond donors (Lipinski definition) is 2. The number of imidazole rings is 1. The number of nitrogens with one attached hydrogen (secondary N) is 2. The third-order valence-corrected chi connectivity index (χ3v) is 6.61. The van der Waals surface area contributed by atoms with E-state index in [-0.39, 0.29) is 12.0 Å². The lowest BCUT2D eigenvalue weighted by atomic mass is 10.1. The number of aromatic amines is 1. The quantitative estimate of drug-likeness (QED) is 0.259. The fraction of sp³-hybridized carbons (Fsp3) is 0.355. The molecule has 216 valence electrons.